The molecule has 0 bridgehead atoms. The second-order valence-corrected chi connectivity index (χ2v) is 3.39. The fourth-order valence-electron chi connectivity index (χ4n) is 1.01. The molecule has 0 amide bonds. The molecule has 0 saturated heterocycles. The van der Waals surface area contributed by atoms with Crippen molar-refractivity contribution in [3.8, 4) is 11.5 Å². The fraction of sp³-hybridized carbons (Fsp3) is 0. The quantitative estimate of drug-likeness (QED) is 0.819. The smallest absolute Gasteiger partial charge is 0.388 e. The third kappa shape index (κ3) is 1.66. The van der Waals surface area contributed by atoms with Crippen molar-refractivity contribution in [1.82, 2.24) is 10.2 Å². The van der Waals surface area contributed by atoms with Gasteiger partial charge in [-0.3, -0.25) is 0 Å². The highest BCUT2D eigenvalue weighted by Gasteiger charge is 2.09. The van der Waals surface area contributed by atoms with Crippen molar-refractivity contribution in [2.24, 2.45) is 0 Å². The maximum atomic E-state index is 10.7. The molecule has 14 heavy (non-hydrogen) atoms. The number of aromatic amines is 1. The summed E-state index contributed by atoms with van der Waals surface area (Å²) in [6, 6.07) is 4.81. The van der Waals surface area contributed by atoms with E-state index in [1.165, 1.54) is 0 Å². The molecule has 0 radical (unpaired) electrons. The van der Waals surface area contributed by atoms with E-state index >= 15 is 0 Å². The largest absolute Gasteiger partial charge is 0.434 e. The van der Waals surface area contributed by atoms with Crippen LogP contribution in [0.1, 0.15) is 0 Å². The van der Waals surface area contributed by atoms with E-state index in [0.29, 0.717) is 15.6 Å². The molecular formula is C8H4Cl2N2O2. The molecule has 1 heterocycles. The van der Waals surface area contributed by atoms with Gasteiger partial charge in [0.05, 0.1) is 10.6 Å². The number of halogens is 2. The summed E-state index contributed by atoms with van der Waals surface area (Å²) in [5, 5.41) is 6.70. The fourth-order valence-corrected chi connectivity index (χ4v) is 1.38. The summed E-state index contributed by atoms with van der Waals surface area (Å²) in [6.07, 6.45) is 0. The summed E-state index contributed by atoms with van der Waals surface area (Å²) in [7, 11) is 0. The lowest BCUT2D eigenvalue weighted by atomic mass is 10.2. The molecule has 72 valence electrons. The Bertz CT molecular complexity index is 518. The lowest BCUT2D eigenvalue weighted by Crippen LogP contribution is -1.93. The Kier molecular flexibility index (Phi) is 2.31. The standard InChI is InChI=1S/C8H4Cl2N2O2/c9-4-1-2-6(10)5(3-4)7-11-12-8(13)14-7/h1-3H,(H,12,13). The average molecular weight is 231 g/mol. The number of benzene rings is 1. The average Bonchev–Trinajstić information content (AvgIpc) is 2.56. The van der Waals surface area contributed by atoms with Gasteiger partial charge in [0.15, 0.2) is 0 Å². The van der Waals surface area contributed by atoms with E-state index in [-0.39, 0.29) is 5.89 Å². The molecule has 4 nitrogen and oxygen atoms in total. The molecule has 1 aromatic carbocycles. The normalized spacial score (nSPS) is 10.4. The zero-order chi connectivity index (χ0) is 10.1. The van der Waals surface area contributed by atoms with Gasteiger partial charge in [-0.15, -0.1) is 5.10 Å². The van der Waals surface area contributed by atoms with Gasteiger partial charge in [0.2, 0.25) is 0 Å². The van der Waals surface area contributed by atoms with E-state index < -0.39 is 5.76 Å². The minimum Gasteiger partial charge on any atom is -0.388 e. The van der Waals surface area contributed by atoms with Crippen LogP contribution < -0.4 is 5.76 Å². The van der Waals surface area contributed by atoms with Crippen molar-refractivity contribution >= 4 is 23.2 Å². The summed E-state index contributed by atoms with van der Waals surface area (Å²) in [6.45, 7) is 0. The Balaban J connectivity index is 2.61. The maximum Gasteiger partial charge on any atom is 0.434 e. The van der Waals surface area contributed by atoms with Crippen LogP contribution >= 0.6 is 23.2 Å². The summed E-state index contributed by atoms with van der Waals surface area (Å²) in [5.74, 6) is -0.501. The minimum atomic E-state index is -0.629. The number of H-pyrrole nitrogens is 1. The maximum absolute atomic E-state index is 10.7. The number of hydrogen-bond acceptors (Lipinski definition) is 3. The number of rotatable bonds is 1. The summed E-state index contributed by atoms with van der Waals surface area (Å²) >= 11 is 11.6. The van der Waals surface area contributed by atoms with Gasteiger partial charge in [-0.2, -0.15) is 0 Å². The molecule has 1 aromatic heterocycles. The van der Waals surface area contributed by atoms with Gasteiger partial charge in [-0.05, 0) is 18.2 Å². The van der Waals surface area contributed by atoms with Crippen molar-refractivity contribution in [3.63, 3.8) is 0 Å². The molecule has 1 N–H and O–H groups in total. The van der Waals surface area contributed by atoms with Crippen LogP contribution in [0.3, 0.4) is 0 Å². The van der Waals surface area contributed by atoms with Gasteiger partial charge in [-0.1, -0.05) is 23.2 Å². The second kappa shape index (κ2) is 3.48. The van der Waals surface area contributed by atoms with Gasteiger partial charge in [0.1, 0.15) is 0 Å². The lowest BCUT2D eigenvalue weighted by molar-refractivity contribution is 0.527. The number of nitrogens with zero attached hydrogens (tertiary/aromatic N) is 1. The minimum absolute atomic E-state index is 0.127. The second-order valence-electron chi connectivity index (χ2n) is 2.54. The van der Waals surface area contributed by atoms with E-state index in [4.69, 9.17) is 27.6 Å². The lowest BCUT2D eigenvalue weighted by Gasteiger charge is -1.98. The molecule has 0 unspecified atom stereocenters. The number of hydrogen-bond donors (Lipinski definition) is 1. The SMILES string of the molecule is O=c1[nH]nc(-c2cc(Cl)ccc2Cl)o1. The first-order valence-electron chi connectivity index (χ1n) is 3.68. The molecule has 0 spiro atoms. The van der Waals surface area contributed by atoms with Gasteiger partial charge in [-0.25, -0.2) is 9.89 Å². The zero-order valence-corrected chi connectivity index (χ0v) is 8.26. The first-order chi connectivity index (χ1) is 6.66. The molecule has 0 aliphatic carbocycles. The van der Waals surface area contributed by atoms with Crippen molar-refractivity contribution in [2.75, 3.05) is 0 Å². The van der Waals surface area contributed by atoms with Crippen LogP contribution in [0.4, 0.5) is 0 Å². The molecule has 0 aliphatic heterocycles. The van der Waals surface area contributed by atoms with Crippen LogP contribution in [0, 0.1) is 0 Å². The van der Waals surface area contributed by atoms with Crippen LogP contribution in [-0.4, -0.2) is 10.2 Å². The van der Waals surface area contributed by atoms with E-state index in [1.807, 2.05) is 0 Å². The van der Waals surface area contributed by atoms with Gasteiger partial charge in [0.25, 0.3) is 5.89 Å². The highest BCUT2D eigenvalue weighted by Crippen LogP contribution is 2.28. The number of nitrogens with one attached hydrogen (secondary N) is 1. The van der Waals surface area contributed by atoms with Crippen molar-refractivity contribution in [3.05, 3.63) is 38.8 Å². The Morgan fingerprint density at radius 3 is 2.79 bits per heavy atom. The summed E-state index contributed by atoms with van der Waals surface area (Å²) in [5.41, 5.74) is 0.484. The van der Waals surface area contributed by atoms with Crippen molar-refractivity contribution in [1.29, 1.82) is 0 Å². The Hall–Kier alpha value is -1.26. The van der Waals surface area contributed by atoms with E-state index in [0.717, 1.165) is 0 Å². The van der Waals surface area contributed by atoms with Crippen molar-refractivity contribution in [2.45, 2.75) is 0 Å². The highest BCUT2D eigenvalue weighted by atomic mass is 35.5. The highest BCUT2D eigenvalue weighted by molar-refractivity contribution is 6.35. The first-order valence-corrected chi connectivity index (χ1v) is 4.43. The monoisotopic (exact) mass is 230 g/mol. The molecule has 0 aliphatic rings. The Morgan fingerprint density at radius 1 is 1.36 bits per heavy atom. The Labute approximate surface area is 88.5 Å². The predicted molar refractivity (Wildman–Crippen MR) is 52.6 cm³/mol. The van der Waals surface area contributed by atoms with Crippen LogP contribution in [0.2, 0.25) is 10.0 Å². The molecular weight excluding hydrogens is 227 g/mol. The molecule has 6 heteroatoms. The molecule has 0 saturated carbocycles. The van der Waals surface area contributed by atoms with Crippen LogP contribution in [0.5, 0.6) is 0 Å². The topological polar surface area (TPSA) is 58.9 Å². The van der Waals surface area contributed by atoms with Crippen LogP contribution in [-0.2, 0) is 0 Å². The van der Waals surface area contributed by atoms with Crippen LogP contribution in [0.25, 0.3) is 11.5 Å². The summed E-state index contributed by atoms with van der Waals surface area (Å²) in [4.78, 5) is 10.7. The third-order valence-corrected chi connectivity index (χ3v) is 2.16. The van der Waals surface area contributed by atoms with E-state index in [9.17, 15) is 4.79 Å². The number of aromatic nitrogens is 2. The Morgan fingerprint density at radius 2 is 2.14 bits per heavy atom. The predicted octanol–water partition coefficient (Wildman–Crippen LogP) is 2.34. The van der Waals surface area contributed by atoms with Gasteiger partial charge < -0.3 is 4.42 Å². The molecule has 0 fully saturated rings. The third-order valence-electron chi connectivity index (χ3n) is 1.60. The zero-order valence-electron chi connectivity index (χ0n) is 6.75. The van der Waals surface area contributed by atoms with Crippen LogP contribution in [0.15, 0.2) is 27.4 Å². The molecule has 2 aromatic rings. The first kappa shape index (κ1) is 9.30. The van der Waals surface area contributed by atoms with E-state index in [1.54, 1.807) is 18.2 Å². The van der Waals surface area contributed by atoms with E-state index in [2.05, 4.69) is 10.2 Å². The molecule has 2 rings (SSSR count). The van der Waals surface area contributed by atoms with Gasteiger partial charge >= 0.3 is 5.76 Å². The molecule has 0 atom stereocenters. The van der Waals surface area contributed by atoms with Crippen molar-refractivity contribution < 1.29 is 4.42 Å². The summed E-state index contributed by atoms with van der Waals surface area (Å²) < 4.78 is 4.74. The van der Waals surface area contributed by atoms with Gasteiger partial charge in [0, 0.05) is 5.02 Å².